The number of carbonyl (C=O) groups excluding carboxylic acids is 2. The summed E-state index contributed by atoms with van der Waals surface area (Å²) in [6.07, 6.45) is 9.21. The molecule has 0 aromatic heterocycles. The van der Waals surface area contributed by atoms with E-state index in [9.17, 15) is 18.0 Å². The van der Waals surface area contributed by atoms with Gasteiger partial charge in [-0.2, -0.15) is 4.31 Å². The molecule has 1 N–H and O–H groups in total. The molecule has 0 unspecified atom stereocenters. The molecule has 0 spiro atoms. The molecule has 1 heterocycles. The third-order valence-corrected chi connectivity index (χ3v) is 6.98. The molecule has 1 aromatic carbocycles. The Morgan fingerprint density at radius 1 is 1.10 bits per heavy atom. The van der Waals surface area contributed by atoms with E-state index in [4.69, 9.17) is 4.74 Å². The molecular weight excluding hydrogens is 418 g/mol. The topological polar surface area (TPSA) is 96.0 Å². The first kappa shape index (κ1) is 23.3. The van der Waals surface area contributed by atoms with Crippen molar-refractivity contribution in [1.82, 2.24) is 9.21 Å². The van der Waals surface area contributed by atoms with E-state index in [1.54, 1.807) is 12.1 Å². The monoisotopic (exact) mass is 449 g/mol. The SMILES string of the molecule is CS(=O)(=O)N1CCN(C(=O)COC(=O)c2ccccc2NCCC2=CCCCC2)CC1. The molecule has 9 heteroatoms. The van der Waals surface area contributed by atoms with E-state index in [2.05, 4.69) is 11.4 Å². The summed E-state index contributed by atoms with van der Waals surface area (Å²) >= 11 is 0. The lowest BCUT2D eigenvalue weighted by Gasteiger charge is -2.33. The van der Waals surface area contributed by atoms with Crippen LogP contribution in [0.1, 0.15) is 42.5 Å². The van der Waals surface area contributed by atoms with Crippen molar-refractivity contribution in [1.29, 1.82) is 0 Å². The van der Waals surface area contributed by atoms with Gasteiger partial charge in [0.2, 0.25) is 10.0 Å². The zero-order valence-corrected chi connectivity index (χ0v) is 18.8. The molecule has 1 fully saturated rings. The molecule has 2 aliphatic rings. The number of hydrogen-bond acceptors (Lipinski definition) is 6. The molecule has 0 atom stereocenters. The Morgan fingerprint density at radius 3 is 2.52 bits per heavy atom. The number of piperazine rings is 1. The van der Waals surface area contributed by atoms with Gasteiger partial charge in [-0.05, 0) is 44.2 Å². The van der Waals surface area contributed by atoms with Gasteiger partial charge in [0, 0.05) is 38.4 Å². The van der Waals surface area contributed by atoms with Gasteiger partial charge in [-0.3, -0.25) is 4.79 Å². The normalized spacial score (nSPS) is 17.7. The van der Waals surface area contributed by atoms with E-state index in [1.807, 2.05) is 12.1 Å². The fraction of sp³-hybridized carbons (Fsp3) is 0.545. The van der Waals surface area contributed by atoms with Gasteiger partial charge >= 0.3 is 5.97 Å². The number of hydrogen-bond donors (Lipinski definition) is 1. The molecule has 1 saturated heterocycles. The molecular formula is C22H31N3O5S. The maximum absolute atomic E-state index is 12.6. The maximum Gasteiger partial charge on any atom is 0.340 e. The number of anilines is 1. The Bertz CT molecular complexity index is 921. The van der Waals surface area contributed by atoms with Crippen molar-refractivity contribution < 1.29 is 22.7 Å². The maximum atomic E-state index is 12.6. The predicted octanol–water partition coefficient (Wildman–Crippen LogP) is 2.25. The van der Waals surface area contributed by atoms with Crippen LogP contribution in [-0.2, 0) is 19.6 Å². The molecule has 1 amide bonds. The fourth-order valence-corrected chi connectivity index (χ4v) is 4.70. The number of para-hydroxylation sites is 1. The van der Waals surface area contributed by atoms with E-state index in [0.29, 0.717) is 11.3 Å². The number of allylic oxidation sites excluding steroid dienone is 1. The van der Waals surface area contributed by atoms with Crippen molar-refractivity contribution in [2.75, 3.05) is 50.9 Å². The van der Waals surface area contributed by atoms with Gasteiger partial charge in [0.15, 0.2) is 6.61 Å². The third-order valence-electron chi connectivity index (χ3n) is 5.68. The van der Waals surface area contributed by atoms with Crippen LogP contribution in [0, 0.1) is 0 Å². The summed E-state index contributed by atoms with van der Waals surface area (Å²) in [5, 5.41) is 3.31. The van der Waals surface area contributed by atoms with Crippen LogP contribution in [0.2, 0.25) is 0 Å². The molecule has 0 bridgehead atoms. The van der Waals surface area contributed by atoms with Crippen LogP contribution in [0.5, 0.6) is 0 Å². The highest BCUT2D eigenvalue weighted by atomic mass is 32.2. The Kier molecular flexibility index (Phi) is 8.09. The summed E-state index contributed by atoms with van der Waals surface area (Å²) < 4.78 is 29.8. The van der Waals surface area contributed by atoms with Gasteiger partial charge in [-0.25, -0.2) is 13.2 Å². The molecule has 1 aliphatic heterocycles. The third kappa shape index (κ3) is 6.80. The van der Waals surface area contributed by atoms with Gasteiger partial charge < -0.3 is 15.0 Å². The van der Waals surface area contributed by atoms with Crippen LogP contribution in [0.25, 0.3) is 0 Å². The summed E-state index contributed by atoms with van der Waals surface area (Å²) in [4.78, 5) is 26.5. The van der Waals surface area contributed by atoms with Crippen LogP contribution < -0.4 is 5.32 Å². The number of ether oxygens (including phenoxy) is 1. The standard InChI is InChI=1S/C22H31N3O5S/c1-31(28,29)25-15-13-24(14-16-25)21(26)17-30-22(27)19-9-5-6-10-20(19)23-12-11-18-7-3-2-4-8-18/h5-7,9-10,23H,2-4,8,11-17H2,1H3. The van der Waals surface area contributed by atoms with Crippen LogP contribution in [0.15, 0.2) is 35.9 Å². The second-order valence-electron chi connectivity index (χ2n) is 7.95. The number of benzene rings is 1. The molecule has 0 saturated carbocycles. The van der Waals surface area contributed by atoms with Crippen molar-refractivity contribution in [2.45, 2.75) is 32.1 Å². The van der Waals surface area contributed by atoms with Crippen LogP contribution >= 0.6 is 0 Å². The number of nitrogens with one attached hydrogen (secondary N) is 1. The van der Waals surface area contributed by atoms with Crippen LogP contribution in [-0.4, -0.2) is 75.1 Å². The van der Waals surface area contributed by atoms with Crippen LogP contribution in [0.3, 0.4) is 0 Å². The second-order valence-corrected chi connectivity index (χ2v) is 9.93. The number of amides is 1. The average molecular weight is 450 g/mol. The van der Waals surface area contributed by atoms with Crippen molar-refractivity contribution in [3.63, 3.8) is 0 Å². The van der Waals surface area contributed by atoms with Gasteiger partial charge in [-0.15, -0.1) is 0 Å². The lowest BCUT2D eigenvalue weighted by atomic mass is 9.97. The first-order valence-electron chi connectivity index (χ1n) is 10.8. The first-order valence-corrected chi connectivity index (χ1v) is 12.6. The van der Waals surface area contributed by atoms with E-state index < -0.39 is 16.0 Å². The van der Waals surface area contributed by atoms with Crippen molar-refractivity contribution in [3.8, 4) is 0 Å². The highest BCUT2D eigenvalue weighted by molar-refractivity contribution is 7.88. The van der Waals surface area contributed by atoms with E-state index in [-0.39, 0.29) is 38.7 Å². The Morgan fingerprint density at radius 2 is 1.84 bits per heavy atom. The largest absolute Gasteiger partial charge is 0.452 e. The second kappa shape index (κ2) is 10.8. The minimum absolute atomic E-state index is 0.252. The summed E-state index contributed by atoms with van der Waals surface area (Å²) in [5.41, 5.74) is 2.55. The summed E-state index contributed by atoms with van der Waals surface area (Å²) in [6, 6.07) is 7.13. The lowest BCUT2D eigenvalue weighted by molar-refractivity contribution is -0.135. The number of rotatable bonds is 8. The van der Waals surface area contributed by atoms with Gasteiger partial charge in [0.1, 0.15) is 0 Å². The van der Waals surface area contributed by atoms with Crippen LogP contribution in [0.4, 0.5) is 5.69 Å². The molecule has 1 aromatic rings. The van der Waals surface area contributed by atoms with Gasteiger partial charge in [-0.1, -0.05) is 23.8 Å². The summed E-state index contributed by atoms with van der Waals surface area (Å²) in [5.74, 6) is -0.876. The Balaban J connectivity index is 1.48. The summed E-state index contributed by atoms with van der Waals surface area (Å²) in [6.45, 7) is 1.46. The Labute approximate surface area is 184 Å². The minimum Gasteiger partial charge on any atom is -0.452 e. The number of sulfonamides is 1. The van der Waals surface area contributed by atoms with E-state index >= 15 is 0 Å². The van der Waals surface area contributed by atoms with Crippen molar-refractivity contribution in [2.24, 2.45) is 0 Å². The highest BCUT2D eigenvalue weighted by Gasteiger charge is 2.26. The number of nitrogens with zero attached hydrogens (tertiary/aromatic N) is 2. The zero-order chi connectivity index (χ0) is 22.3. The first-order chi connectivity index (χ1) is 14.8. The zero-order valence-electron chi connectivity index (χ0n) is 18.0. The fourth-order valence-electron chi connectivity index (χ4n) is 3.87. The molecule has 1 aliphatic carbocycles. The summed E-state index contributed by atoms with van der Waals surface area (Å²) in [7, 11) is -3.26. The molecule has 31 heavy (non-hydrogen) atoms. The quantitative estimate of drug-likeness (QED) is 0.483. The molecule has 0 radical (unpaired) electrons. The molecule has 8 nitrogen and oxygen atoms in total. The molecule has 3 rings (SSSR count). The number of esters is 1. The smallest absolute Gasteiger partial charge is 0.340 e. The van der Waals surface area contributed by atoms with Gasteiger partial charge in [0.25, 0.3) is 5.91 Å². The highest BCUT2D eigenvalue weighted by Crippen LogP contribution is 2.21. The van der Waals surface area contributed by atoms with E-state index in [0.717, 1.165) is 32.1 Å². The number of carbonyl (C=O) groups is 2. The van der Waals surface area contributed by atoms with Gasteiger partial charge in [0.05, 0.1) is 11.8 Å². The Hall–Kier alpha value is -2.39. The predicted molar refractivity (Wildman–Crippen MR) is 119 cm³/mol. The lowest BCUT2D eigenvalue weighted by Crippen LogP contribution is -2.51. The van der Waals surface area contributed by atoms with E-state index in [1.165, 1.54) is 27.6 Å². The average Bonchev–Trinajstić information content (AvgIpc) is 2.78. The van der Waals surface area contributed by atoms with Crippen molar-refractivity contribution >= 4 is 27.6 Å². The molecule has 170 valence electrons. The minimum atomic E-state index is -3.26. The van der Waals surface area contributed by atoms with Crippen molar-refractivity contribution in [3.05, 3.63) is 41.5 Å².